The smallest absolute Gasteiger partial charge is 0.261 e. The molecule has 3 aromatic rings. The summed E-state index contributed by atoms with van der Waals surface area (Å²) in [5, 5.41) is 0. The zero-order valence-corrected chi connectivity index (χ0v) is 18.6. The van der Waals surface area contributed by atoms with Crippen LogP contribution in [0.4, 0.5) is 0 Å². The van der Waals surface area contributed by atoms with E-state index in [9.17, 15) is 19.2 Å². The van der Waals surface area contributed by atoms with Gasteiger partial charge < -0.3 is 21.5 Å². The quantitative estimate of drug-likeness (QED) is 0.257. The lowest BCUT2D eigenvalue weighted by Gasteiger charge is -2.17. The minimum absolute atomic E-state index is 0. The number of rotatable bonds is 5. The van der Waals surface area contributed by atoms with Crippen LogP contribution in [0, 0.1) is 6.92 Å². The minimum atomic E-state index is -0.464. The molecule has 8 heteroatoms. The maximum atomic E-state index is 13.0. The van der Waals surface area contributed by atoms with Gasteiger partial charge in [-0.25, -0.2) is 0 Å². The summed E-state index contributed by atoms with van der Waals surface area (Å²) in [6.07, 6.45) is 3.52. The van der Waals surface area contributed by atoms with E-state index in [1.165, 1.54) is 4.57 Å². The molecule has 0 aliphatic carbocycles. The summed E-state index contributed by atoms with van der Waals surface area (Å²) in [7, 11) is 1.60. The monoisotopic (exact) mass is 481 g/mol. The van der Waals surface area contributed by atoms with Crippen LogP contribution in [0.3, 0.4) is 0 Å². The lowest BCUT2D eigenvalue weighted by Crippen LogP contribution is -3.00. The first-order valence-corrected chi connectivity index (χ1v) is 9.50. The maximum Gasteiger partial charge on any atom is 0.261 e. The predicted molar refractivity (Wildman–Crippen MR) is 108 cm³/mol. The van der Waals surface area contributed by atoms with Crippen molar-refractivity contribution in [3.8, 4) is 0 Å². The average molecular weight is 482 g/mol. The van der Waals surface area contributed by atoms with Crippen molar-refractivity contribution < 1.29 is 35.9 Å². The van der Waals surface area contributed by atoms with Gasteiger partial charge in [-0.1, -0.05) is 18.2 Å². The molecule has 7 nitrogen and oxygen atoms in total. The molecule has 0 atom stereocenters. The lowest BCUT2D eigenvalue weighted by molar-refractivity contribution is -0.683. The van der Waals surface area contributed by atoms with Crippen molar-refractivity contribution in [2.75, 3.05) is 0 Å². The highest BCUT2D eigenvalue weighted by molar-refractivity contribution is 6.21. The molecule has 1 aromatic carbocycles. The second-order valence-corrected chi connectivity index (χ2v) is 7.26. The summed E-state index contributed by atoms with van der Waals surface area (Å²) in [5.74, 6) is -1.19. The van der Waals surface area contributed by atoms with Crippen LogP contribution in [0.5, 0.6) is 0 Å². The zero-order valence-electron chi connectivity index (χ0n) is 17.0. The van der Waals surface area contributed by atoms with Crippen LogP contribution in [-0.4, -0.2) is 27.1 Å². The van der Waals surface area contributed by atoms with Crippen molar-refractivity contribution in [1.29, 1.82) is 0 Å². The first-order chi connectivity index (χ1) is 14.4. The molecule has 0 saturated carbocycles. The summed E-state index contributed by atoms with van der Waals surface area (Å²) in [5.41, 5.74) is 1.20. The van der Waals surface area contributed by atoms with Gasteiger partial charge in [0.05, 0.1) is 17.7 Å². The average Bonchev–Trinajstić information content (AvgIpc) is 2.99. The number of aryl methyl sites for hydroxylation is 1. The number of hydrogen-bond acceptors (Lipinski definition) is 4. The number of carbonyl (C=O) groups excluding carboxylic acids is 3. The molecule has 2 amide bonds. The SMILES string of the molecule is Cc1cc(C(=O)C[n+]2ccccc2)c(CN2C(=O)c3ccccc3C2=O)c(=O)n1C.[Br-]. The number of fused-ring (bicyclic) bond motifs is 1. The number of Topliss-reactive ketones (excluding diaryl/α,β-unsaturated/α-hetero) is 1. The third-order valence-corrected chi connectivity index (χ3v) is 5.37. The van der Waals surface area contributed by atoms with E-state index in [0.717, 1.165) is 4.90 Å². The first kappa shape index (κ1) is 22.3. The molecular weight excluding hydrogens is 462 g/mol. The number of carbonyl (C=O) groups is 3. The third-order valence-electron chi connectivity index (χ3n) is 5.37. The normalized spacial score (nSPS) is 12.5. The van der Waals surface area contributed by atoms with Gasteiger partial charge in [-0.2, -0.15) is 4.57 Å². The van der Waals surface area contributed by atoms with Crippen LogP contribution >= 0.6 is 0 Å². The molecule has 158 valence electrons. The third kappa shape index (κ3) is 3.98. The van der Waals surface area contributed by atoms with Crippen LogP contribution in [0.2, 0.25) is 0 Å². The van der Waals surface area contributed by atoms with E-state index in [2.05, 4.69) is 0 Å². The van der Waals surface area contributed by atoms with Crippen molar-refractivity contribution in [2.24, 2.45) is 7.05 Å². The van der Waals surface area contributed by atoms with E-state index in [1.54, 1.807) is 61.3 Å². The van der Waals surface area contributed by atoms with Crippen LogP contribution in [0.25, 0.3) is 0 Å². The molecule has 0 unspecified atom stereocenters. The van der Waals surface area contributed by atoms with Gasteiger partial charge >= 0.3 is 0 Å². The van der Waals surface area contributed by atoms with E-state index in [-0.39, 0.29) is 47.0 Å². The van der Waals surface area contributed by atoms with Gasteiger partial charge in [0.25, 0.3) is 17.4 Å². The summed E-state index contributed by atoms with van der Waals surface area (Å²) in [6.45, 7) is 1.53. The van der Waals surface area contributed by atoms with Crippen molar-refractivity contribution in [3.05, 3.63) is 99.2 Å². The molecule has 1 aliphatic heterocycles. The Balaban J connectivity index is 0.00000272. The Morgan fingerprint density at radius 3 is 2.10 bits per heavy atom. The Kier molecular flexibility index (Phi) is 6.31. The van der Waals surface area contributed by atoms with Gasteiger partial charge in [0.2, 0.25) is 12.3 Å². The standard InChI is InChI=1S/C23H20N3O4.BrH/c1-15-12-18(20(27)14-25-10-6-3-7-11-25)19(21(28)24(15)2)13-26-22(29)16-8-4-5-9-17(16)23(26)30;/h3-12H,13-14H2,1-2H3;1H/q+1;/p-1. The highest BCUT2D eigenvalue weighted by atomic mass is 79.9. The fourth-order valence-corrected chi connectivity index (χ4v) is 3.60. The lowest BCUT2D eigenvalue weighted by atomic mass is 10.0. The predicted octanol–water partition coefficient (Wildman–Crippen LogP) is -1.34. The number of benzene rings is 1. The first-order valence-electron chi connectivity index (χ1n) is 9.50. The molecule has 2 aromatic heterocycles. The Morgan fingerprint density at radius 2 is 1.52 bits per heavy atom. The molecule has 0 fully saturated rings. The Labute approximate surface area is 189 Å². The molecule has 0 bridgehead atoms. The van der Waals surface area contributed by atoms with Gasteiger partial charge in [0.15, 0.2) is 12.4 Å². The van der Waals surface area contributed by atoms with Gasteiger partial charge in [0.1, 0.15) is 0 Å². The van der Waals surface area contributed by atoms with E-state index in [0.29, 0.717) is 16.8 Å². The van der Waals surface area contributed by atoms with Gasteiger partial charge in [0, 0.05) is 36.0 Å². The van der Waals surface area contributed by atoms with Gasteiger partial charge in [-0.05, 0) is 25.1 Å². The zero-order chi connectivity index (χ0) is 21.4. The summed E-state index contributed by atoms with van der Waals surface area (Å²) < 4.78 is 3.13. The number of amides is 2. The number of aromatic nitrogens is 2. The number of halogens is 1. The van der Waals surface area contributed by atoms with Crippen LogP contribution < -0.4 is 27.1 Å². The van der Waals surface area contributed by atoms with Crippen molar-refractivity contribution in [2.45, 2.75) is 20.0 Å². The fourth-order valence-electron chi connectivity index (χ4n) is 3.60. The van der Waals surface area contributed by atoms with Gasteiger partial charge in [-0.3, -0.25) is 24.1 Å². The topological polar surface area (TPSA) is 80.3 Å². The molecule has 0 N–H and O–H groups in total. The van der Waals surface area contributed by atoms with Crippen molar-refractivity contribution in [1.82, 2.24) is 9.47 Å². The molecule has 0 spiro atoms. The fraction of sp³-hybridized carbons (Fsp3) is 0.174. The Bertz CT molecular complexity index is 1220. The Morgan fingerprint density at radius 1 is 0.935 bits per heavy atom. The molecule has 4 rings (SSSR count). The number of pyridine rings is 2. The molecule has 3 heterocycles. The molecule has 0 radical (unpaired) electrons. The van der Waals surface area contributed by atoms with Crippen LogP contribution in [0.1, 0.15) is 42.3 Å². The summed E-state index contributed by atoms with van der Waals surface area (Å²) in [6, 6.07) is 13.6. The largest absolute Gasteiger partial charge is 1.00 e. The van der Waals surface area contributed by atoms with Crippen LogP contribution in [-0.2, 0) is 20.1 Å². The number of imide groups is 1. The summed E-state index contributed by atoms with van der Waals surface area (Å²) in [4.78, 5) is 52.6. The molecule has 31 heavy (non-hydrogen) atoms. The van der Waals surface area contributed by atoms with E-state index in [4.69, 9.17) is 0 Å². The number of hydrogen-bond donors (Lipinski definition) is 0. The van der Waals surface area contributed by atoms with E-state index < -0.39 is 17.4 Å². The number of nitrogens with zero attached hydrogens (tertiary/aromatic N) is 3. The Hall–Kier alpha value is -3.39. The van der Waals surface area contributed by atoms with Crippen LogP contribution in [0.15, 0.2) is 65.7 Å². The van der Waals surface area contributed by atoms with Gasteiger partial charge in [-0.15, -0.1) is 0 Å². The molecule has 0 saturated heterocycles. The van der Waals surface area contributed by atoms with Crippen molar-refractivity contribution >= 4 is 17.6 Å². The second kappa shape index (κ2) is 8.77. The minimum Gasteiger partial charge on any atom is -1.00 e. The summed E-state index contributed by atoms with van der Waals surface area (Å²) >= 11 is 0. The highest BCUT2D eigenvalue weighted by Gasteiger charge is 2.36. The highest BCUT2D eigenvalue weighted by Crippen LogP contribution is 2.24. The number of ketones is 1. The van der Waals surface area contributed by atoms with E-state index in [1.807, 2.05) is 18.2 Å². The molecular formula is C23H20BrN3O4. The maximum absolute atomic E-state index is 13.0. The van der Waals surface area contributed by atoms with E-state index >= 15 is 0 Å². The molecule has 1 aliphatic rings. The second-order valence-electron chi connectivity index (χ2n) is 7.26. The van der Waals surface area contributed by atoms with Crippen molar-refractivity contribution in [3.63, 3.8) is 0 Å².